The fraction of sp³-hybridized carbons (Fsp3) is 0.643. The molecule has 0 aliphatic carbocycles. The molecule has 1 aromatic heterocycles. The van der Waals surface area contributed by atoms with Gasteiger partial charge >= 0.3 is 0 Å². The number of carbonyl (C=O) groups excluding carboxylic acids is 1. The molecule has 114 valence electrons. The summed E-state index contributed by atoms with van der Waals surface area (Å²) in [5.74, 6) is -0.0632. The second-order valence-corrected chi connectivity index (χ2v) is 6.07. The molecule has 2 atom stereocenters. The Hall–Kier alpha value is -0.950. The molecule has 0 aliphatic rings. The minimum absolute atomic E-state index is 0.0632. The normalized spacial score (nSPS) is 14.2. The molecule has 3 N–H and O–H groups in total. The molecule has 0 aromatic carbocycles. The number of nitrogens with one attached hydrogen (secondary N) is 2. The molecule has 1 aromatic rings. The number of hydrogen-bond acceptors (Lipinski definition) is 5. The fourth-order valence-corrected chi connectivity index (χ4v) is 2.20. The van der Waals surface area contributed by atoms with Gasteiger partial charge in [-0.15, -0.1) is 11.3 Å². The van der Waals surface area contributed by atoms with E-state index in [1.54, 1.807) is 18.3 Å². The summed E-state index contributed by atoms with van der Waals surface area (Å²) in [7, 11) is 0. The average molecular weight is 300 g/mol. The van der Waals surface area contributed by atoms with Crippen LogP contribution in [0.25, 0.3) is 0 Å². The smallest absolute Gasteiger partial charge is 0.237 e. The van der Waals surface area contributed by atoms with Crippen LogP contribution in [-0.2, 0) is 16.1 Å². The maximum absolute atomic E-state index is 11.7. The molecule has 0 bridgehead atoms. The first kappa shape index (κ1) is 17.1. The van der Waals surface area contributed by atoms with Gasteiger partial charge in [0.15, 0.2) is 0 Å². The zero-order chi connectivity index (χ0) is 15.0. The largest absolute Gasteiger partial charge is 0.389 e. The van der Waals surface area contributed by atoms with Crippen molar-refractivity contribution in [1.82, 2.24) is 10.6 Å². The Morgan fingerprint density at radius 1 is 1.45 bits per heavy atom. The Labute approximate surface area is 124 Å². The van der Waals surface area contributed by atoms with E-state index in [2.05, 4.69) is 10.6 Å². The number of carbonyl (C=O) groups is 1. The quantitative estimate of drug-likeness (QED) is 0.639. The zero-order valence-corrected chi connectivity index (χ0v) is 13.1. The van der Waals surface area contributed by atoms with Crippen LogP contribution < -0.4 is 10.6 Å². The molecular formula is C14H24N2O3S. The van der Waals surface area contributed by atoms with Crippen molar-refractivity contribution >= 4 is 17.2 Å². The summed E-state index contributed by atoms with van der Waals surface area (Å²) in [4.78, 5) is 12.8. The van der Waals surface area contributed by atoms with Crippen molar-refractivity contribution in [3.63, 3.8) is 0 Å². The maximum atomic E-state index is 11.7. The molecule has 0 saturated heterocycles. The number of thiophene rings is 1. The van der Waals surface area contributed by atoms with Crippen LogP contribution in [0.2, 0.25) is 0 Å². The second-order valence-electron chi connectivity index (χ2n) is 5.04. The highest BCUT2D eigenvalue weighted by Gasteiger charge is 2.14. The first-order valence-corrected chi connectivity index (χ1v) is 7.69. The summed E-state index contributed by atoms with van der Waals surface area (Å²) >= 11 is 1.63. The third-order valence-corrected chi connectivity index (χ3v) is 3.47. The van der Waals surface area contributed by atoms with Gasteiger partial charge in [-0.05, 0) is 32.2 Å². The van der Waals surface area contributed by atoms with E-state index >= 15 is 0 Å². The van der Waals surface area contributed by atoms with E-state index in [1.165, 1.54) is 0 Å². The fourth-order valence-electron chi connectivity index (χ4n) is 1.56. The molecule has 0 aliphatic heterocycles. The number of ether oxygens (including phenoxy) is 1. The molecule has 0 fully saturated rings. The minimum atomic E-state index is -0.621. The number of aliphatic hydroxyl groups is 1. The van der Waals surface area contributed by atoms with E-state index in [0.717, 1.165) is 4.88 Å². The number of aliphatic hydroxyl groups excluding tert-OH is 1. The van der Waals surface area contributed by atoms with Gasteiger partial charge in [-0.25, -0.2) is 0 Å². The summed E-state index contributed by atoms with van der Waals surface area (Å²) in [6.45, 7) is 6.70. The first-order chi connectivity index (χ1) is 9.49. The van der Waals surface area contributed by atoms with Crippen molar-refractivity contribution in [2.45, 2.75) is 45.6 Å². The topological polar surface area (TPSA) is 70.6 Å². The lowest BCUT2D eigenvalue weighted by Crippen LogP contribution is -2.47. The van der Waals surface area contributed by atoms with Gasteiger partial charge in [0, 0.05) is 17.5 Å². The average Bonchev–Trinajstić information content (AvgIpc) is 2.88. The molecule has 1 heterocycles. The lowest BCUT2D eigenvalue weighted by molar-refractivity contribution is -0.123. The van der Waals surface area contributed by atoms with E-state index in [0.29, 0.717) is 13.2 Å². The lowest BCUT2D eigenvalue weighted by atomic mass is 10.2. The van der Waals surface area contributed by atoms with Crippen molar-refractivity contribution in [2.24, 2.45) is 0 Å². The zero-order valence-electron chi connectivity index (χ0n) is 12.3. The summed E-state index contributed by atoms with van der Waals surface area (Å²) in [6.07, 6.45) is -0.621. The molecular weight excluding hydrogens is 276 g/mol. The second kappa shape index (κ2) is 9.07. The third kappa shape index (κ3) is 7.00. The number of hydrogen-bond donors (Lipinski definition) is 3. The Morgan fingerprint density at radius 2 is 2.20 bits per heavy atom. The molecule has 1 rings (SSSR count). The summed E-state index contributed by atoms with van der Waals surface area (Å²) in [6, 6.07) is 3.75. The predicted molar refractivity (Wildman–Crippen MR) is 80.7 cm³/mol. The Morgan fingerprint density at radius 3 is 2.80 bits per heavy atom. The SMILES string of the molecule is CC(C)NC(=O)C(C)NCC(O)COCc1cccs1. The van der Waals surface area contributed by atoms with Gasteiger partial charge in [-0.2, -0.15) is 0 Å². The van der Waals surface area contributed by atoms with Gasteiger partial charge in [0.1, 0.15) is 0 Å². The lowest BCUT2D eigenvalue weighted by Gasteiger charge is -2.18. The third-order valence-electron chi connectivity index (χ3n) is 2.62. The van der Waals surface area contributed by atoms with Crippen LogP contribution in [0.3, 0.4) is 0 Å². The van der Waals surface area contributed by atoms with Gasteiger partial charge in [0.2, 0.25) is 5.91 Å². The van der Waals surface area contributed by atoms with Crippen LogP contribution in [0, 0.1) is 0 Å². The van der Waals surface area contributed by atoms with E-state index in [4.69, 9.17) is 4.74 Å². The molecule has 0 saturated carbocycles. The van der Waals surface area contributed by atoms with E-state index in [9.17, 15) is 9.90 Å². The predicted octanol–water partition coefficient (Wildman–Crippen LogP) is 1.13. The minimum Gasteiger partial charge on any atom is -0.389 e. The number of rotatable bonds is 9. The standard InChI is InChI=1S/C14H24N2O3S/c1-10(2)16-14(18)11(3)15-7-12(17)8-19-9-13-5-4-6-20-13/h4-6,10-12,15,17H,7-9H2,1-3H3,(H,16,18). The van der Waals surface area contributed by atoms with Crippen LogP contribution in [0.15, 0.2) is 17.5 Å². The summed E-state index contributed by atoms with van der Waals surface area (Å²) in [5, 5.41) is 17.6. The number of amides is 1. The highest BCUT2D eigenvalue weighted by Crippen LogP contribution is 2.09. The van der Waals surface area contributed by atoms with Crippen molar-refractivity contribution in [1.29, 1.82) is 0 Å². The van der Waals surface area contributed by atoms with Crippen LogP contribution in [0.1, 0.15) is 25.6 Å². The van der Waals surface area contributed by atoms with E-state index in [-0.39, 0.29) is 24.6 Å². The first-order valence-electron chi connectivity index (χ1n) is 6.81. The summed E-state index contributed by atoms with van der Waals surface area (Å²) < 4.78 is 5.42. The molecule has 5 nitrogen and oxygen atoms in total. The van der Waals surface area contributed by atoms with Crippen molar-refractivity contribution in [3.8, 4) is 0 Å². The van der Waals surface area contributed by atoms with Crippen molar-refractivity contribution < 1.29 is 14.6 Å². The van der Waals surface area contributed by atoms with Crippen LogP contribution in [0.4, 0.5) is 0 Å². The highest BCUT2D eigenvalue weighted by molar-refractivity contribution is 7.09. The Kier molecular flexibility index (Phi) is 7.76. The molecule has 1 amide bonds. The van der Waals surface area contributed by atoms with E-state index < -0.39 is 6.10 Å². The van der Waals surface area contributed by atoms with Crippen molar-refractivity contribution in [3.05, 3.63) is 22.4 Å². The molecule has 6 heteroatoms. The Balaban J connectivity index is 2.12. The van der Waals surface area contributed by atoms with Gasteiger partial charge in [-0.1, -0.05) is 6.07 Å². The summed E-state index contributed by atoms with van der Waals surface area (Å²) in [5.41, 5.74) is 0. The van der Waals surface area contributed by atoms with Crippen LogP contribution in [0.5, 0.6) is 0 Å². The van der Waals surface area contributed by atoms with Crippen molar-refractivity contribution in [2.75, 3.05) is 13.2 Å². The molecule has 0 spiro atoms. The van der Waals surface area contributed by atoms with Gasteiger partial charge in [-0.3, -0.25) is 4.79 Å². The maximum Gasteiger partial charge on any atom is 0.237 e. The van der Waals surface area contributed by atoms with Gasteiger partial charge < -0.3 is 20.5 Å². The van der Waals surface area contributed by atoms with Gasteiger partial charge in [0.25, 0.3) is 0 Å². The molecule has 2 unspecified atom stereocenters. The molecule has 20 heavy (non-hydrogen) atoms. The highest BCUT2D eigenvalue weighted by atomic mass is 32.1. The molecule has 0 radical (unpaired) electrons. The van der Waals surface area contributed by atoms with Crippen LogP contribution in [-0.4, -0.2) is 42.4 Å². The van der Waals surface area contributed by atoms with E-state index in [1.807, 2.05) is 31.4 Å². The van der Waals surface area contributed by atoms with Gasteiger partial charge in [0.05, 0.1) is 25.4 Å². The van der Waals surface area contributed by atoms with Crippen LogP contribution >= 0.6 is 11.3 Å². The Bertz CT molecular complexity index is 382. The monoisotopic (exact) mass is 300 g/mol.